The molecular weight excluding hydrogens is 378 g/mol. The molecule has 0 aliphatic rings. The van der Waals surface area contributed by atoms with E-state index in [9.17, 15) is 8.78 Å². The van der Waals surface area contributed by atoms with E-state index in [0.717, 1.165) is 11.8 Å². The molecule has 2 heterocycles. The van der Waals surface area contributed by atoms with Gasteiger partial charge in [0.1, 0.15) is 23.2 Å². The molecule has 0 radical (unpaired) electrons. The molecule has 4 aromatic rings. The van der Waals surface area contributed by atoms with Crippen LogP contribution < -0.4 is 15.4 Å². The van der Waals surface area contributed by atoms with E-state index < -0.39 is 11.6 Å². The summed E-state index contributed by atoms with van der Waals surface area (Å²) in [6, 6.07) is 14.0. The second-order valence-corrected chi connectivity index (χ2v) is 6.05. The molecule has 4 rings (SSSR count). The number of hydrogen-bond donors (Lipinski definition) is 3. The third-order valence-electron chi connectivity index (χ3n) is 4.00. The van der Waals surface area contributed by atoms with Crippen molar-refractivity contribution in [2.75, 3.05) is 17.7 Å². The van der Waals surface area contributed by atoms with Crippen LogP contribution in [-0.2, 0) is 0 Å². The molecule has 0 spiro atoms. The number of benzene rings is 2. The van der Waals surface area contributed by atoms with Gasteiger partial charge in [-0.2, -0.15) is 4.98 Å². The zero-order valence-corrected chi connectivity index (χ0v) is 15.3. The zero-order chi connectivity index (χ0) is 20.2. The molecule has 3 N–H and O–H groups in total. The van der Waals surface area contributed by atoms with Crippen molar-refractivity contribution < 1.29 is 13.5 Å². The van der Waals surface area contributed by atoms with Crippen LogP contribution in [0.3, 0.4) is 0 Å². The fourth-order valence-electron chi connectivity index (χ4n) is 2.73. The Hall–Kier alpha value is -4.01. The molecule has 0 saturated carbocycles. The first kappa shape index (κ1) is 18.4. The number of nitrogens with zero attached hydrogens (tertiary/aromatic N) is 3. The third-order valence-corrected chi connectivity index (χ3v) is 4.00. The molecule has 0 aliphatic carbocycles. The lowest BCUT2D eigenvalue weighted by Gasteiger charge is -2.09. The van der Waals surface area contributed by atoms with E-state index >= 15 is 0 Å². The Morgan fingerprint density at radius 1 is 0.931 bits per heavy atom. The molecular formula is C20H16F2N6O. The maximum Gasteiger partial charge on any atom is 0.246 e. The van der Waals surface area contributed by atoms with Crippen molar-refractivity contribution in [2.45, 2.75) is 0 Å². The highest BCUT2D eigenvalue weighted by atomic mass is 19.1. The van der Waals surface area contributed by atoms with Crippen molar-refractivity contribution in [3.8, 4) is 17.1 Å². The summed E-state index contributed by atoms with van der Waals surface area (Å²) in [4.78, 5) is 8.67. The van der Waals surface area contributed by atoms with Gasteiger partial charge in [-0.25, -0.2) is 13.8 Å². The van der Waals surface area contributed by atoms with Crippen LogP contribution >= 0.6 is 0 Å². The first-order valence-electron chi connectivity index (χ1n) is 8.63. The van der Waals surface area contributed by atoms with Gasteiger partial charge in [0.25, 0.3) is 0 Å². The Bertz CT molecular complexity index is 1130. The first-order chi connectivity index (χ1) is 14.1. The minimum absolute atomic E-state index is 0.233. The van der Waals surface area contributed by atoms with Crippen LogP contribution in [0.15, 0.2) is 60.8 Å². The van der Waals surface area contributed by atoms with Crippen LogP contribution in [0.25, 0.3) is 11.4 Å². The maximum absolute atomic E-state index is 13.5. The highest BCUT2D eigenvalue weighted by Crippen LogP contribution is 2.28. The molecule has 7 nitrogen and oxygen atoms in total. The number of anilines is 4. The van der Waals surface area contributed by atoms with Crippen LogP contribution in [0.5, 0.6) is 5.75 Å². The van der Waals surface area contributed by atoms with Crippen LogP contribution in [0.4, 0.5) is 31.9 Å². The van der Waals surface area contributed by atoms with E-state index in [4.69, 9.17) is 4.74 Å². The quantitative estimate of drug-likeness (QED) is 0.442. The Morgan fingerprint density at radius 3 is 2.55 bits per heavy atom. The van der Waals surface area contributed by atoms with Crippen LogP contribution in [-0.4, -0.2) is 27.3 Å². The molecule has 0 saturated heterocycles. The van der Waals surface area contributed by atoms with Crippen molar-refractivity contribution >= 4 is 23.1 Å². The van der Waals surface area contributed by atoms with Crippen molar-refractivity contribution in [3.05, 3.63) is 72.4 Å². The topological polar surface area (TPSA) is 87.8 Å². The molecule has 2 aromatic heterocycles. The molecule has 0 unspecified atom stereocenters. The number of hydrogen-bond acceptors (Lipinski definition) is 6. The summed E-state index contributed by atoms with van der Waals surface area (Å²) < 4.78 is 32.1. The van der Waals surface area contributed by atoms with Gasteiger partial charge < -0.3 is 15.4 Å². The minimum Gasteiger partial charge on any atom is -0.497 e. The van der Waals surface area contributed by atoms with E-state index in [1.165, 1.54) is 12.1 Å². The Kier molecular flexibility index (Phi) is 5.02. The van der Waals surface area contributed by atoms with Crippen LogP contribution in [0.2, 0.25) is 0 Å². The summed E-state index contributed by atoms with van der Waals surface area (Å²) in [5.41, 5.74) is 1.58. The number of halogens is 2. The third kappa shape index (κ3) is 4.29. The number of H-pyrrole nitrogens is 1. The van der Waals surface area contributed by atoms with E-state index in [0.29, 0.717) is 28.9 Å². The number of pyridine rings is 1. The zero-order valence-electron chi connectivity index (χ0n) is 15.3. The first-order valence-corrected chi connectivity index (χ1v) is 8.63. The van der Waals surface area contributed by atoms with Gasteiger partial charge in [-0.3, -0.25) is 5.10 Å². The number of aromatic amines is 1. The predicted octanol–water partition coefficient (Wildman–Crippen LogP) is 4.64. The summed E-state index contributed by atoms with van der Waals surface area (Å²) >= 11 is 0. The molecule has 0 bridgehead atoms. The van der Waals surface area contributed by atoms with Crippen molar-refractivity contribution in [2.24, 2.45) is 0 Å². The van der Waals surface area contributed by atoms with E-state index in [-0.39, 0.29) is 5.69 Å². The molecule has 2 aromatic carbocycles. The van der Waals surface area contributed by atoms with Gasteiger partial charge >= 0.3 is 0 Å². The van der Waals surface area contributed by atoms with Gasteiger partial charge in [-0.15, -0.1) is 5.10 Å². The largest absolute Gasteiger partial charge is 0.497 e. The fourth-order valence-corrected chi connectivity index (χ4v) is 2.73. The molecule has 146 valence electrons. The highest BCUT2D eigenvalue weighted by molar-refractivity contribution is 5.75. The van der Waals surface area contributed by atoms with E-state index in [1.54, 1.807) is 25.4 Å². The average Bonchev–Trinajstić information content (AvgIpc) is 3.16. The average molecular weight is 394 g/mol. The van der Waals surface area contributed by atoms with Crippen molar-refractivity contribution in [3.63, 3.8) is 0 Å². The fraction of sp³-hybridized carbons (Fsp3) is 0.0500. The lowest BCUT2D eigenvalue weighted by molar-refractivity contribution is 0.415. The van der Waals surface area contributed by atoms with Gasteiger partial charge in [-0.1, -0.05) is 6.07 Å². The smallest absolute Gasteiger partial charge is 0.246 e. The van der Waals surface area contributed by atoms with Gasteiger partial charge in [0.2, 0.25) is 5.95 Å². The second kappa shape index (κ2) is 7.93. The predicted molar refractivity (Wildman–Crippen MR) is 106 cm³/mol. The van der Waals surface area contributed by atoms with Gasteiger partial charge in [0.05, 0.1) is 12.7 Å². The minimum atomic E-state index is -0.686. The van der Waals surface area contributed by atoms with Crippen LogP contribution in [0, 0.1) is 11.6 Å². The summed E-state index contributed by atoms with van der Waals surface area (Å²) in [7, 11) is 1.59. The Morgan fingerprint density at radius 2 is 1.76 bits per heavy atom. The molecule has 0 atom stereocenters. The van der Waals surface area contributed by atoms with E-state index in [2.05, 4.69) is 30.8 Å². The molecule has 29 heavy (non-hydrogen) atoms. The molecule has 0 fully saturated rings. The molecule has 0 amide bonds. The number of rotatable bonds is 6. The Labute approximate surface area is 164 Å². The Balaban J connectivity index is 1.59. The highest BCUT2D eigenvalue weighted by Gasteiger charge is 2.12. The number of nitrogens with one attached hydrogen (secondary N) is 3. The lowest BCUT2D eigenvalue weighted by Crippen LogP contribution is -1.98. The van der Waals surface area contributed by atoms with Crippen LogP contribution in [0.1, 0.15) is 0 Å². The molecule has 9 heteroatoms. The molecule has 0 aliphatic heterocycles. The number of aromatic nitrogens is 4. The normalized spacial score (nSPS) is 10.6. The summed E-state index contributed by atoms with van der Waals surface area (Å²) in [5.74, 6) is 0.486. The van der Waals surface area contributed by atoms with Gasteiger partial charge in [0.15, 0.2) is 5.82 Å². The number of ether oxygens (including phenoxy) is 1. The summed E-state index contributed by atoms with van der Waals surface area (Å²) in [5, 5.41) is 13.0. The van der Waals surface area contributed by atoms with Gasteiger partial charge in [-0.05, 0) is 36.4 Å². The van der Waals surface area contributed by atoms with Crippen molar-refractivity contribution in [1.29, 1.82) is 0 Å². The summed E-state index contributed by atoms with van der Waals surface area (Å²) in [6.45, 7) is 0. The van der Waals surface area contributed by atoms with Crippen molar-refractivity contribution in [1.82, 2.24) is 20.2 Å². The standard InChI is InChI=1S/C20H16F2N6O/c1-29-16-5-2-4-14(11-16)25-20-26-19(27-28-20)17-6-3-7-23-18(17)24-15-9-12(21)8-13(22)10-15/h2-11H,1H3,(H,23,24)(H2,25,26,27,28). The SMILES string of the molecule is COc1cccc(Nc2n[nH]c(-c3cccnc3Nc3cc(F)cc(F)c3)n2)c1. The lowest BCUT2D eigenvalue weighted by atomic mass is 10.2. The second-order valence-electron chi connectivity index (χ2n) is 6.05. The van der Waals surface area contributed by atoms with E-state index in [1.807, 2.05) is 24.3 Å². The maximum atomic E-state index is 13.5. The van der Waals surface area contributed by atoms with Gasteiger partial charge in [0, 0.05) is 29.7 Å². The summed E-state index contributed by atoms with van der Waals surface area (Å²) in [6.07, 6.45) is 1.56. The number of methoxy groups -OCH3 is 1. The monoisotopic (exact) mass is 394 g/mol.